The number of nitrogens with one attached hydrogen (secondary N) is 1. The monoisotopic (exact) mass is 253 g/mol. The Labute approximate surface area is 108 Å². The molecule has 1 aromatic heterocycles. The van der Waals surface area contributed by atoms with E-state index < -0.39 is 0 Å². The van der Waals surface area contributed by atoms with Gasteiger partial charge in [-0.15, -0.1) is 0 Å². The molecular weight excluding hydrogens is 230 g/mol. The molecule has 0 bridgehead atoms. The fourth-order valence-electron chi connectivity index (χ4n) is 2.21. The predicted octanol–water partition coefficient (Wildman–Crippen LogP) is 1.44. The molecule has 18 heavy (non-hydrogen) atoms. The van der Waals surface area contributed by atoms with Crippen LogP contribution in [0.25, 0.3) is 0 Å². The first-order valence-corrected chi connectivity index (χ1v) is 6.76. The standard InChI is InChI=1S/C13H23N3O2/c1-4-6-17-13-11(14-3)7-12(13)18-10-8-15-16(5-2)9-10/h8-9,11-14H,4-7H2,1-3H3. The zero-order valence-corrected chi connectivity index (χ0v) is 11.4. The van der Waals surface area contributed by atoms with Crippen LogP contribution >= 0.6 is 0 Å². The second kappa shape index (κ2) is 6.20. The first-order chi connectivity index (χ1) is 8.78. The fraction of sp³-hybridized carbons (Fsp3) is 0.769. The molecule has 2 rings (SSSR count). The number of aromatic nitrogens is 2. The topological polar surface area (TPSA) is 48.3 Å². The molecule has 1 saturated carbocycles. The number of rotatable bonds is 7. The van der Waals surface area contributed by atoms with Gasteiger partial charge in [0.05, 0.1) is 12.4 Å². The summed E-state index contributed by atoms with van der Waals surface area (Å²) in [5.41, 5.74) is 0. The highest BCUT2D eigenvalue weighted by Gasteiger charge is 2.43. The maximum Gasteiger partial charge on any atom is 0.157 e. The van der Waals surface area contributed by atoms with E-state index in [-0.39, 0.29) is 12.2 Å². The van der Waals surface area contributed by atoms with Gasteiger partial charge in [0.15, 0.2) is 5.75 Å². The molecule has 0 aromatic carbocycles. The number of ether oxygens (including phenoxy) is 2. The smallest absolute Gasteiger partial charge is 0.157 e. The normalized spacial score (nSPS) is 26.9. The molecule has 0 spiro atoms. The molecule has 1 fully saturated rings. The molecule has 1 N–H and O–H groups in total. The van der Waals surface area contributed by atoms with Gasteiger partial charge in [0.2, 0.25) is 0 Å². The zero-order chi connectivity index (χ0) is 13.0. The van der Waals surface area contributed by atoms with Crippen molar-refractivity contribution in [3.8, 4) is 5.75 Å². The molecule has 5 heteroatoms. The molecule has 102 valence electrons. The molecule has 1 aromatic rings. The van der Waals surface area contributed by atoms with Crippen LogP contribution in [0.15, 0.2) is 12.4 Å². The molecule has 5 nitrogen and oxygen atoms in total. The van der Waals surface area contributed by atoms with E-state index in [2.05, 4.69) is 24.3 Å². The van der Waals surface area contributed by atoms with Crippen molar-refractivity contribution in [3.05, 3.63) is 12.4 Å². The first kappa shape index (κ1) is 13.4. The van der Waals surface area contributed by atoms with Crippen molar-refractivity contribution in [1.82, 2.24) is 15.1 Å². The van der Waals surface area contributed by atoms with E-state index in [9.17, 15) is 0 Å². The van der Waals surface area contributed by atoms with Crippen molar-refractivity contribution < 1.29 is 9.47 Å². The maximum absolute atomic E-state index is 5.93. The third-order valence-electron chi connectivity index (χ3n) is 3.36. The van der Waals surface area contributed by atoms with Crippen LogP contribution in [0.3, 0.4) is 0 Å². The summed E-state index contributed by atoms with van der Waals surface area (Å²) in [5, 5.41) is 7.47. The lowest BCUT2D eigenvalue weighted by Gasteiger charge is -2.43. The van der Waals surface area contributed by atoms with Crippen LogP contribution in [-0.4, -0.2) is 41.7 Å². The summed E-state index contributed by atoms with van der Waals surface area (Å²) in [6, 6.07) is 0.405. The summed E-state index contributed by atoms with van der Waals surface area (Å²) in [5.74, 6) is 0.835. The Kier molecular flexibility index (Phi) is 4.60. The first-order valence-electron chi connectivity index (χ1n) is 6.76. The summed E-state index contributed by atoms with van der Waals surface area (Å²) in [7, 11) is 1.97. The number of likely N-dealkylation sites (N-methyl/N-ethyl adjacent to an activating group) is 1. The van der Waals surface area contributed by atoms with Gasteiger partial charge in [-0.2, -0.15) is 5.10 Å². The van der Waals surface area contributed by atoms with Crippen molar-refractivity contribution in [3.63, 3.8) is 0 Å². The highest BCUT2D eigenvalue weighted by molar-refractivity contribution is 5.14. The van der Waals surface area contributed by atoms with Crippen LogP contribution in [0.4, 0.5) is 0 Å². The predicted molar refractivity (Wildman–Crippen MR) is 69.8 cm³/mol. The van der Waals surface area contributed by atoms with E-state index in [0.717, 1.165) is 31.7 Å². The number of aryl methyl sites for hydroxylation is 1. The van der Waals surface area contributed by atoms with Crippen LogP contribution in [0.1, 0.15) is 26.7 Å². The highest BCUT2D eigenvalue weighted by Crippen LogP contribution is 2.28. The Balaban J connectivity index is 1.88. The van der Waals surface area contributed by atoms with Crippen LogP contribution < -0.4 is 10.1 Å². The van der Waals surface area contributed by atoms with Gasteiger partial charge in [0.25, 0.3) is 0 Å². The average molecular weight is 253 g/mol. The summed E-state index contributed by atoms with van der Waals surface area (Å²) in [6.07, 6.45) is 6.02. The van der Waals surface area contributed by atoms with E-state index in [1.54, 1.807) is 6.20 Å². The quantitative estimate of drug-likeness (QED) is 0.799. The molecule has 0 aliphatic heterocycles. The molecule has 3 atom stereocenters. The Morgan fingerprint density at radius 1 is 1.50 bits per heavy atom. The molecular formula is C13H23N3O2. The minimum atomic E-state index is 0.142. The summed E-state index contributed by atoms with van der Waals surface area (Å²) < 4.78 is 13.6. The van der Waals surface area contributed by atoms with Crippen LogP contribution in [0, 0.1) is 0 Å². The Bertz CT molecular complexity index is 367. The average Bonchev–Trinajstić information content (AvgIpc) is 2.82. The minimum absolute atomic E-state index is 0.142. The lowest BCUT2D eigenvalue weighted by Crippen LogP contribution is -2.60. The maximum atomic E-state index is 5.93. The summed E-state index contributed by atoms with van der Waals surface area (Å²) >= 11 is 0. The van der Waals surface area contributed by atoms with Gasteiger partial charge in [0, 0.05) is 25.6 Å². The number of nitrogens with zero attached hydrogens (tertiary/aromatic N) is 2. The van der Waals surface area contributed by atoms with E-state index in [4.69, 9.17) is 9.47 Å². The minimum Gasteiger partial charge on any atom is -0.484 e. The molecule has 0 saturated heterocycles. The van der Waals surface area contributed by atoms with Crippen molar-refractivity contribution in [2.75, 3.05) is 13.7 Å². The van der Waals surface area contributed by atoms with Crippen LogP contribution in [0.5, 0.6) is 5.75 Å². The highest BCUT2D eigenvalue weighted by atomic mass is 16.5. The lowest BCUT2D eigenvalue weighted by molar-refractivity contribution is -0.106. The third-order valence-corrected chi connectivity index (χ3v) is 3.36. The van der Waals surface area contributed by atoms with E-state index in [0.29, 0.717) is 6.04 Å². The number of hydrogen-bond donors (Lipinski definition) is 1. The molecule has 1 aliphatic carbocycles. The van der Waals surface area contributed by atoms with Gasteiger partial charge < -0.3 is 14.8 Å². The largest absolute Gasteiger partial charge is 0.484 e. The van der Waals surface area contributed by atoms with Gasteiger partial charge in [-0.05, 0) is 20.4 Å². The summed E-state index contributed by atoms with van der Waals surface area (Å²) in [4.78, 5) is 0. The zero-order valence-electron chi connectivity index (χ0n) is 11.4. The van der Waals surface area contributed by atoms with E-state index in [1.165, 1.54) is 0 Å². The molecule has 3 unspecified atom stereocenters. The molecule has 1 aliphatic rings. The lowest BCUT2D eigenvalue weighted by atomic mass is 9.85. The third kappa shape index (κ3) is 2.84. The van der Waals surface area contributed by atoms with Crippen molar-refractivity contribution in [2.45, 2.75) is 51.5 Å². The van der Waals surface area contributed by atoms with E-state index in [1.807, 2.05) is 17.9 Å². The second-order valence-corrected chi connectivity index (χ2v) is 4.65. The van der Waals surface area contributed by atoms with Crippen molar-refractivity contribution >= 4 is 0 Å². The Morgan fingerprint density at radius 2 is 2.33 bits per heavy atom. The SMILES string of the molecule is CCCOC1C(NC)CC1Oc1cnn(CC)c1. The van der Waals surface area contributed by atoms with Gasteiger partial charge in [0.1, 0.15) is 12.2 Å². The Morgan fingerprint density at radius 3 is 2.94 bits per heavy atom. The van der Waals surface area contributed by atoms with Gasteiger partial charge in [-0.1, -0.05) is 6.92 Å². The molecule has 0 radical (unpaired) electrons. The second-order valence-electron chi connectivity index (χ2n) is 4.65. The van der Waals surface area contributed by atoms with Crippen molar-refractivity contribution in [1.29, 1.82) is 0 Å². The van der Waals surface area contributed by atoms with Crippen LogP contribution in [-0.2, 0) is 11.3 Å². The number of hydrogen-bond acceptors (Lipinski definition) is 4. The molecule has 0 amide bonds. The van der Waals surface area contributed by atoms with E-state index >= 15 is 0 Å². The molecule has 1 heterocycles. The van der Waals surface area contributed by atoms with Crippen molar-refractivity contribution in [2.24, 2.45) is 0 Å². The Hall–Kier alpha value is -1.07. The van der Waals surface area contributed by atoms with Gasteiger partial charge >= 0.3 is 0 Å². The van der Waals surface area contributed by atoms with Gasteiger partial charge in [-0.25, -0.2) is 0 Å². The van der Waals surface area contributed by atoms with Crippen LogP contribution in [0.2, 0.25) is 0 Å². The summed E-state index contributed by atoms with van der Waals surface area (Å²) in [6.45, 7) is 5.83. The fourth-order valence-corrected chi connectivity index (χ4v) is 2.21. The van der Waals surface area contributed by atoms with Gasteiger partial charge in [-0.3, -0.25) is 4.68 Å².